The van der Waals surface area contributed by atoms with Gasteiger partial charge in [-0.1, -0.05) is 32.0 Å². The first-order valence-electron chi connectivity index (χ1n) is 15.2. The van der Waals surface area contributed by atoms with Crippen LogP contribution in [0, 0.1) is 20.8 Å². The standard InChI is InChI=1S/C34H44N6O/c1-19(2)25-11-9-20(3)30(17-25)39-14-13-28-27(18-39)34(40-22(5)15-26(41-8)16-23(40)6)36-33(35-28)31-21(4)10-12-29-32(31)24(7)37-38-29/h9-12,17,19,22-23,26H,13-16,18H2,1-8H3,(H,37,38). The molecule has 2 unspecified atom stereocenters. The highest BCUT2D eigenvalue weighted by Crippen LogP contribution is 2.39. The summed E-state index contributed by atoms with van der Waals surface area (Å²) in [6.45, 7) is 17.4. The Kier molecular flexibility index (Phi) is 7.26. The predicted octanol–water partition coefficient (Wildman–Crippen LogP) is 7.02. The second-order valence-corrected chi connectivity index (χ2v) is 12.6. The Balaban J connectivity index is 1.51. The lowest BCUT2D eigenvalue weighted by molar-refractivity contribution is 0.0611. The van der Waals surface area contributed by atoms with Crippen molar-refractivity contribution < 1.29 is 4.74 Å². The third kappa shape index (κ3) is 4.88. The van der Waals surface area contributed by atoms with Crippen LogP contribution in [0.5, 0.6) is 0 Å². The molecule has 4 aromatic rings. The van der Waals surface area contributed by atoms with Gasteiger partial charge in [0.2, 0.25) is 0 Å². The van der Waals surface area contributed by atoms with Gasteiger partial charge < -0.3 is 14.5 Å². The van der Waals surface area contributed by atoms with Crippen LogP contribution in [-0.2, 0) is 17.7 Å². The van der Waals surface area contributed by atoms with Crippen LogP contribution in [0.1, 0.15) is 80.1 Å². The van der Waals surface area contributed by atoms with Gasteiger partial charge in [-0.2, -0.15) is 5.10 Å². The fraction of sp³-hybridized carbons (Fsp3) is 0.500. The summed E-state index contributed by atoms with van der Waals surface area (Å²) in [5.74, 6) is 2.39. The molecular weight excluding hydrogens is 508 g/mol. The summed E-state index contributed by atoms with van der Waals surface area (Å²) in [4.78, 5) is 15.9. The second kappa shape index (κ2) is 10.8. The molecule has 0 aliphatic carbocycles. The molecule has 7 heteroatoms. The Morgan fingerprint density at radius 3 is 2.41 bits per heavy atom. The van der Waals surface area contributed by atoms with Crippen molar-refractivity contribution in [3.63, 3.8) is 0 Å². The largest absolute Gasteiger partial charge is 0.381 e. The zero-order valence-electron chi connectivity index (χ0n) is 25.9. The molecule has 7 nitrogen and oxygen atoms in total. The molecule has 0 saturated carbocycles. The number of aromatic amines is 1. The van der Waals surface area contributed by atoms with Crippen LogP contribution in [0.3, 0.4) is 0 Å². The molecule has 6 rings (SSSR count). The minimum atomic E-state index is 0.274. The van der Waals surface area contributed by atoms with E-state index in [2.05, 4.69) is 98.8 Å². The zero-order chi connectivity index (χ0) is 29.0. The summed E-state index contributed by atoms with van der Waals surface area (Å²) < 4.78 is 5.83. The molecule has 0 amide bonds. The average molecular weight is 553 g/mol. The van der Waals surface area contributed by atoms with Gasteiger partial charge in [-0.25, -0.2) is 9.97 Å². The maximum atomic E-state index is 5.83. The van der Waals surface area contributed by atoms with Crippen LogP contribution in [0.25, 0.3) is 22.3 Å². The van der Waals surface area contributed by atoms with Crippen molar-refractivity contribution in [1.82, 2.24) is 20.2 Å². The van der Waals surface area contributed by atoms with Gasteiger partial charge in [0.25, 0.3) is 0 Å². The monoisotopic (exact) mass is 552 g/mol. The highest BCUT2D eigenvalue weighted by Gasteiger charge is 2.36. The summed E-state index contributed by atoms with van der Waals surface area (Å²) in [6.07, 6.45) is 3.14. The fourth-order valence-corrected chi connectivity index (χ4v) is 7.04. The van der Waals surface area contributed by atoms with E-state index in [9.17, 15) is 0 Å². The van der Waals surface area contributed by atoms with Crippen LogP contribution < -0.4 is 9.80 Å². The van der Waals surface area contributed by atoms with E-state index < -0.39 is 0 Å². The van der Waals surface area contributed by atoms with Gasteiger partial charge in [0.05, 0.1) is 17.3 Å². The molecule has 0 radical (unpaired) electrons. The number of nitrogens with zero attached hydrogens (tertiary/aromatic N) is 5. The minimum Gasteiger partial charge on any atom is -0.381 e. The predicted molar refractivity (Wildman–Crippen MR) is 168 cm³/mol. The number of piperidine rings is 1. The molecule has 216 valence electrons. The van der Waals surface area contributed by atoms with Gasteiger partial charge >= 0.3 is 0 Å². The van der Waals surface area contributed by atoms with Crippen LogP contribution in [-0.4, -0.2) is 52.0 Å². The molecule has 1 N–H and O–H groups in total. The van der Waals surface area contributed by atoms with E-state index in [1.54, 1.807) is 0 Å². The first kappa shape index (κ1) is 27.7. The molecule has 2 aromatic carbocycles. The van der Waals surface area contributed by atoms with E-state index in [-0.39, 0.29) is 6.10 Å². The average Bonchev–Trinajstić information content (AvgIpc) is 3.32. The smallest absolute Gasteiger partial charge is 0.162 e. The van der Waals surface area contributed by atoms with Crippen molar-refractivity contribution >= 4 is 22.4 Å². The van der Waals surface area contributed by atoms with Crippen LogP contribution in [0.15, 0.2) is 30.3 Å². The van der Waals surface area contributed by atoms with Crippen molar-refractivity contribution in [3.05, 3.63) is 64.0 Å². The van der Waals surface area contributed by atoms with E-state index in [0.29, 0.717) is 18.0 Å². The van der Waals surface area contributed by atoms with Gasteiger partial charge in [0.1, 0.15) is 5.82 Å². The first-order chi connectivity index (χ1) is 19.7. The van der Waals surface area contributed by atoms with Gasteiger partial charge in [0, 0.05) is 66.6 Å². The van der Waals surface area contributed by atoms with Gasteiger partial charge in [-0.05, 0) is 82.2 Å². The quantitative estimate of drug-likeness (QED) is 0.287. The Morgan fingerprint density at radius 1 is 0.976 bits per heavy atom. The van der Waals surface area contributed by atoms with E-state index in [1.165, 1.54) is 33.6 Å². The van der Waals surface area contributed by atoms with E-state index in [1.807, 2.05) is 7.11 Å². The number of H-pyrrole nitrogens is 1. The summed E-state index contributed by atoms with van der Waals surface area (Å²) in [6, 6.07) is 11.8. The molecule has 4 heterocycles. The summed E-state index contributed by atoms with van der Waals surface area (Å²) in [7, 11) is 1.84. The SMILES string of the molecule is COC1CC(C)N(c2nc(-c3c(C)ccc4n[nH]c(C)c34)nc3c2CN(c2cc(C(C)C)ccc2C)CC3)C(C)C1. The highest BCUT2D eigenvalue weighted by molar-refractivity contribution is 5.96. The Bertz CT molecular complexity index is 1580. The molecule has 1 fully saturated rings. The molecule has 2 aromatic heterocycles. The van der Waals surface area contributed by atoms with Crippen LogP contribution in [0.2, 0.25) is 0 Å². The van der Waals surface area contributed by atoms with Crippen molar-refractivity contribution in [2.45, 2.75) is 98.4 Å². The van der Waals surface area contributed by atoms with Gasteiger partial charge in [0.15, 0.2) is 5.82 Å². The van der Waals surface area contributed by atoms with E-state index in [0.717, 1.165) is 66.2 Å². The second-order valence-electron chi connectivity index (χ2n) is 12.6. The maximum absolute atomic E-state index is 5.83. The normalized spacial score (nSPS) is 21.1. The van der Waals surface area contributed by atoms with Crippen molar-refractivity contribution in [1.29, 1.82) is 0 Å². The topological polar surface area (TPSA) is 70.2 Å². The van der Waals surface area contributed by atoms with Crippen molar-refractivity contribution in [2.24, 2.45) is 0 Å². The molecule has 0 bridgehead atoms. The lowest BCUT2D eigenvalue weighted by Gasteiger charge is -2.45. The maximum Gasteiger partial charge on any atom is 0.162 e. The number of rotatable bonds is 5. The van der Waals surface area contributed by atoms with Gasteiger partial charge in [-0.3, -0.25) is 5.10 Å². The summed E-state index contributed by atoms with van der Waals surface area (Å²) in [5.41, 5.74) is 10.7. The number of ether oxygens (including phenoxy) is 1. The Hall–Kier alpha value is -3.45. The number of aromatic nitrogens is 4. The number of anilines is 2. The lowest BCUT2D eigenvalue weighted by atomic mass is 9.93. The lowest BCUT2D eigenvalue weighted by Crippen LogP contribution is -2.50. The number of hydrogen-bond donors (Lipinski definition) is 1. The molecule has 0 spiro atoms. The summed E-state index contributed by atoms with van der Waals surface area (Å²) in [5, 5.41) is 8.85. The van der Waals surface area contributed by atoms with E-state index >= 15 is 0 Å². The van der Waals surface area contributed by atoms with Gasteiger partial charge in [-0.15, -0.1) is 0 Å². The molecule has 1 saturated heterocycles. The molecule has 2 aliphatic rings. The van der Waals surface area contributed by atoms with Crippen molar-refractivity contribution in [2.75, 3.05) is 23.5 Å². The molecular formula is C34H44N6O. The number of methoxy groups -OCH3 is 1. The van der Waals surface area contributed by atoms with Crippen molar-refractivity contribution in [3.8, 4) is 11.4 Å². The summed E-state index contributed by atoms with van der Waals surface area (Å²) >= 11 is 0. The highest BCUT2D eigenvalue weighted by atomic mass is 16.5. The third-order valence-corrected chi connectivity index (χ3v) is 9.35. The number of benzene rings is 2. The minimum absolute atomic E-state index is 0.274. The Morgan fingerprint density at radius 2 is 1.71 bits per heavy atom. The van der Waals surface area contributed by atoms with Crippen LogP contribution >= 0.6 is 0 Å². The molecule has 2 atom stereocenters. The Labute approximate surface area is 244 Å². The first-order valence-corrected chi connectivity index (χ1v) is 15.2. The number of aryl methyl sites for hydroxylation is 3. The number of hydrogen-bond acceptors (Lipinski definition) is 6. The zero-order valence-corrected chi connectivity index (χ0v) is 25.9. The third-order valence-electron chi connectivity index (χ3n) is 9.35. The number of fused-ring (bicyclic) bond motifs is 2. The fourth-order valence-electron chi connectivity index (χ4n) is 7.04. The van der Waals surface area contributed by atoms with Crippen LogP contribution in [0.4, 0.5) is 11.5 Å². The molecule has 41 heavy (non-hydrogen) atoms. The number of nitrogens with one attached hydrogen (secondary N) is 1. The molecule has 2 aliphatic heterocycles. The van der Waals surface area contributed by atoms with E-state index in [4.69, 9.17) is 14.7 Å².